The van der Waals surface area contributed by atoms with E-state index in [1.807, 2.05) is 97.1 Å². The number of hydrogen-bond acceptors (Lipinski definition) is 3. The van der Waals surface area contributed by atoms with E-state index in [1.165, 1.54) is 11.1 Å². The van der Waals surface area contributed by atoms with Crippen LogP contribution in [0.25, 0.3) is 72.1 Å². The van der Waals surface area contributed by atoms with Crippen LogP contribution < -0.4 is 0 Å². The van der Waals surface area contributed by atoms with Crippen molar-refractivity contribution in [2.24, 2.45) is 0 Å². The third-order valence-electron chi connectivity index (χ3n) is 9.93. The minimum absolute atomic E-state index is 0.0279. The van der Waals surface area contributed by atoms with Crippen molar-refractivity contribution in [2.45, 2.75) is 52.4 Å². The van der Waals surface area contributed by atoms with Gasteiger partial charge in [0.2, 0.25) is 5.69 Å². The maximum absolute atomic E-state index is 10.6. The lowest BCUT2D eigenvalue weighted by Crippen LogP contribution is -2.10. The molecule has 0 aliphatic rings. The third-order valence-corrected chi connectivity index (χ3v) is 9.93. The Labute approximate surface area is 319 Å². The van der Waals surface area contributed by atoms with Crippen LogP contribution in [0.4, 0.5) is 5.69 Å². The summed E-state index contributed by atoms with van der Waals surface area (Å²) in [5.74, 6) is 0. The van der Waals surface area contributed by atoms with Crippen LogP contribution in [-0.4, -0.2) is 9.97 Å². The molecule has 0 atom stereocenters. The van der Waals surface area contributed by atoms with E-state index in [-0.39, 0.29) is 10.8 Å². The highest BCUT2D eigenvalue weighted by molar-refractivity contribution is 5.92. The summed E-state index contributed by atoms with van der Waals surface area (Å²) in [6.45, 7) is 21.6. The van der Waals surface area contributed by atoms with Crippen LogP contribution in [0.1, 0.15) is 58.2 Å². The van der Waals surface area contributed by atoms with Gasteiger partial charge in [-0.15, -0.1) is 0 Å². The Hall–Kier alpha value is -6.62. The minimum atomic E-state index is 0.0279. The first-order chi connectivity index (χ1) is 25.9. The second kappa shape index (κ2) is 14.4. The Morgan fingerprint density at radius 2 is 0.870 bits per heavy atom. The van der Waals surface area contributed by atoms with E-state index in [0.717, 1.165) is 55.9 Å². The van der Waals surface area contributed by atoms with Gasteiger partial charge in [-0.05, 0) is 56.3 Å². The second-order valence-corrected chi connectivity index (χ2v) is 15.7. The van der Waals surface area contributed by atoms with Gasteiger partial charge in [0.1, 0.15) is 6.07 Å². The molecule has 0 saturated carbocycles. The van der Waals surface area contributed by atoms with E-state index < -0.39 is 0 Å². The van der Waals surface area contributed by atoms with Gasteiger partial charge in [0.15, 0.2) is 0 Å². The smallest absolute Gasteiger partial charge is 0.220 e. The van der Waals surface area contributed by atoms with Crippen molar-refractivity contribution in [3.8, 4) is 73.4 Å². The molecule has 0 radical (unpaired) electrons. The summed E-state index contributed by atoms with van der Waals surface area (Å²) < 4.78 is 0. The summed E-state index contributed by atoms with van der Waals surface area (Å²) in [5.41, 5.74) is 13.6. The molecule has 2 aromatic heterocycles. The highest BCUT2D eigenvalue weighted by atomic mass is 14.8. The van der Waals surface area contributed by atoms with Crippen molar-refractivity contribution in [2.75, 3.05) is 0 Å². The zero-order valence-electron chi connectivity index (χ0n) is 31.6. The first-order valence-corrected chi connectivity index (χ1v) is 18.3. The fraction of sp³-hybridized carbons (Fsp3) is 0.160. The maximum atomic E-state index is 10.6. The Balaban J connectivity index is 1.38. The van der Waals surface area contributed by atoms with Crippen LogP contribution in [0, 0.1) is 17.9 Å². The average Bonchev–Trinajstić information content (AvgIpc) is 3.20. The Morgan fingerprint density at radius 1 is 0.481 bits per heavy atom. The van der Waals surface area contributed by atoms with Crippen LogP contribution in [0.15, 0.2) is 146 Å². The number of rotatable bonds is 6. The molecule has 0 aliphatic carbocycles. The molecule has 0 N–H and O–H groups in total. The van der Waals surface area contributed by atoms with Gasteiger partial charge < -0.3 is 0 Å². The summed E-state index contributed by atoms with van der Waals surface area (Å²) in [7, 11) is 0. The fourth-order valence-corrected chi connectivity index (χ4v) is 6.77. The molecule has 0 saturated heterocycles. The monoisotopic (exact) mass is 698 g/mol. The molecule has 7 aromatic rings. The lowest BCUT2D eigenvalue weighted by Gasteiger charge is -2.19. The molecule has 7 rings (SSSR count). The molecule has 4 heteroatoms. The topological polar surface area (TPSA) is 53.9 Å². The molecule has 0 amide bonds. The van der Waals surface area contributed by atoms with Crippen molar-refractivity contribution in [1.29, 1.82) is 5.26 Å². The number of aromatic nitrogens is 2. The van der Waals surface area contributed by atoms with E-state index in [0.29, 0.717) is 22.6 Å². The summed E-state index contributed by atoms with van der Waals surface area (Å²) in [5, 5.41) is 10.6. The first-order valence-electron chi connectivity index (χ1n) is 18.3. The SMILES string of the molecule is [C-]#[N+]c1c(-c2ccc(-c3cc(-c4ccc(C(C)(C)C)cc4)nc(-c4ccccc4)c3C#N)cc2)cc(-c2ccc(C(C)(C)C)cc2)nc1-c1ccccc1. The largest absolute Gasteiger partial charge is 0.259 e. The van der Waals surface area contributed by atoms with Gasteiger partial charge in [0, 0.05) is 22.3 Å². The summed E-state index contributed by atoms with van der Waals surface area (Å²) in [4.78, 5) is 14.2. The van der Waals surface area contributed by atoms with Crippen LogP contribution >= 0.6 is 0 Å². The molecule has 0 spiro atoms. The maximum Gasteiger partial charge on any atom is 0.220 e. The van der Waals surface area contributed by atoms with Gasteiger partial charge in [-0.2, -0.15) is 5.26 Å². The molecule has 0 fully saturated rings. The first kappa shape index (κ1) is 35.8. The van der Waals surface area contributed by atoms with Gasteiger partial charge in [0.05, 0.1) is 34.9 Å². The molecule has 0 unspecified atom stereocenters. The second-order valence-electron chi connectivity index (χ2n) is 15.7. The lowest BCUT2D eigenvalue weighted by atomic mass is 9.86. The van der Waals surface area contributed by atoms with Gasteiger partial charge >= 0.3 is 0 Å². The summed E-state index contributed by atoms with van der Waals surface area (Å²) in [6, 6.07) is 51.6. The van der Waals surface area contributed by atoms with Crippen molar-refractivity contribution in [1.82, 2.24) is 9.97 Å². The predicted molar refractivity (Wildman–Crippen MR) is 223 cm³/mol. The molecule has 0 bridgehead atoms. The molecule has 0 aliphatic heterocycles. The third kappa shape index (κ3) is 7.20. The average molecular weight is 699 g/mol. The lowest BCUT2D eigenvalue weighted by molar-refractivity contribution is 0.590. The Morgan fingerprint density at radius 3 is 1.30 bits per heavy atom. The summed E-state index contributed by atoms with van der Waals surface area (Å²) in [6.07, 6.45) is 0. The molecule has 4 nitrogen and oxygen atoms in total. The van der Waals surface area contributed by atoms with E-state index in [4.69, 9.17) is 16.5 Å². The van der Waals surface area contributed by atoms with Gasteiger partial charge in [0.25, 0.3) is 0 Å². The number of nitriles is 1. The molecule has 262 valence electrons. The van der Waals surface area contributed by atoms with E-state index in [9.17, 15) is 5.26 Å². The van der Waals surface area contributed by atoms with Crippen molar-refractivity contribution >= 4 is 5.69 Å². The molecular weight excluding hydrogens is 657 g/mol. The van der Waals surface area contributed by atoms with Gasteiger partial charge in [-0.1, -0.05) is 175 Å². The van der Waals surface area contributed by atoms with Crippen molar-refractivity contribution in [3.05, 3.63) is 174 Å². The molecule has 2 heterocycles. The normalized spacial score (nSPS) is 11.5. The summed E-state index contributed by atoms with van der Waals surface area (Å²) >= 11 is 0. The highest BCUT2D eigenvalue weighted by Gasteiger charge is 2.21. The Kier molecular flexibility index (Phi) is 9.55. The highest BCUT2D eigenvalue weighted by Crippen LogP contribution is 2.42. The van der Waals surface area contributed by atoms with E-state index >= 15 is 0 Å². The van der Waals surface area contributed by atoms with Crippen LogP contribution in [0.5, 0.6) is 0 Å². The zero-order valence-corrected chi connectivity index (χ0v) is 31.6. The van der Waals surface area contributed by atoms with E-state index in [1.54, 1.807) is 0 Å². The quantitative estimate of drug-likeness (QED) is 0.162. The minimum Gasteiger partial charge on any atom is -0.259 e. The van der Waals surface area contributed by atoms with Crippen molar-refractivity contribution < 1.29 is 0 Å². The van der Waals surface area contributed by atoms with Crippen LogP contribution in [0.2, 0.25) is 0 Å². The van der Waals surface area contributed by atoms with Crippen LogP contribution in [-0.2, 0) is 10.8 Å². The van der Waals surface area contributed by atoms with E-state index in [2.05, 4.69) is 101 Å². The molecule has 5 aromatic carbocycles. The van der Waals surface area contributed by atoms with Gasteiger partial charge in [-0.3, -0.25) is 4.98 Å². The van der Waals surface area contributed by atoms with Crippen LogP contribution in [0.3, 0.4) is 0 Å². The number of benzene rings is 5. The number of nitrogens with zero attached hydrogens (tertiary/aromatic N) is 4. The predicted octanol–water partition coefficient (Wildman–Crippen LogP) is 13.5. The van der Waals surface area contributed by atoms with Crippen molar-refractivity contribution in [3.63, 3.8) is 0 Å². The Bertz CT molecular complexity index is 2340. The molecular formula is C50H42N4. The standard InChI is InChI=1S/C50H42N4/c1-49(2,3)39-26-22-35(23-27-39)44-30-41(43(32-51)46(53-44)37-14-10-8-11-15-37)33-18-20-34(21-19-33)42-31-45(36-24-28-40(29-25-36)50(4,5)6)54-47(48(42)52-7)38-16-12-9-13-17-38/h8-31H,1-6H3. The number of hydrogen-bond donors (Lipinski definition) is 0. The molecule has 54 heavy (non-hydrogen) atoms. The van der Waals surface area contributed by atoms with Gasteiger partial charge in [-0.25, -0.2) is 9.83 Å². The zero-order chi connectivity index (χ0) is 38.0. The number of pyridine rings is 2. The fourth-order valence-electron chi connectivity index (χ4n) is 6.77.